The van der Waals surface area contributed by atoms with Crippen molar-refractivity contribution in [1.29, 1.82) is 0 Å². The van der Waals surface area contributed by atoms with Crippen LogP contribution in [0.25, 0.3) is 11.4 Å². The van der Waals surface area contributed by atoms with Gasteiger partial charge < -0.3 is 14.7 Å². The molecular weight excluding hydrogens is 524 g/mol. The number of morpholine rings is 1. The van der Waals surface area contributed by atoms with E-state index in [9.17, 15) is 14.7 Å². The van der Waals surface area contributed by atoms with Crippen molar-refractivity contribution in [2.45, 2.75) is 13.0 Å². The number of amides is 1. The van der Waals surface area contributed by atoms with Crippen LogP contribution in [0.15, 0.2) is 70.8 Å². The van der Waals surface area contributed by atoms with Crippen molar-refractivity contribution in [3.63, 3.8) is 0 Å². The predicted molar refractivity (Wildman–Crippen MR) is 139 cm³/mol. The van der Waals surface area contributed by atoms with Crippen molar-refractivity contribution >= 4 is 33.4 Å². The number of aliphatic hydroxyl groups is 1. The molecule has 3 aromatic rings. The third-order valence-electron chi connectivity index (χ3n) is 6.75. The first kappa shape index (κ1) is 24.4. The summed E-state index contributed by atoms with van der Waals surface area (Å²) in [4.78, 5) is 30.4. The molecule has 0 bridgehead atoms. The van der Waals surface area contributed by atoms with Crippen LogP contribution in [0.2, 0.25) is 0 Å². The number of aliphatic hydroxyl groups excluding tert-OH is 1. The van der Waals surface area contributed by atoms with Gasteiger partial charge in [-0.15, -0.1) is 0 Å². The summed E-state index contributed by atoms with van der Waals surface area (Å²) in [6, 6.07) is 16.3. The molecule has 1 aromatic heterocycles. The lowest BCUT2D eigenvalue weighted by atomic mass is 9.95. The average molecular weight is 551 g/mol. The molecule has 2 aromatic carbocycles. The first-order valence-corrected chi connectivity index (χ1v) is 12.7. The average Bonchev–Trinajstić information content (AvgIpc) is 3.41. The topological polar surface area (TPSA) is 87.9 Å². The predicted octanol–water partition coefficient (Wildman–Crippen LogP) is 3.70. The number of nitrogens with zero attached hydrogens (tertiary/aromatic N) is 4. The normalized spacial score (nSPS) is 20.3. The van der Waals surface area contributed by atoms with Crippen molar-refractivity contribution in [3.8, 4) is 5.69 Å². The van der Waals surface area contributed by atoms with E-state index < -0.39 is 17.7 Å². The number of halogens is 1. The molecule has 1 amide bonds. The first-order chi connectivity index (χ1) is 17.5. The van der Waals surface area contributed by atoms with Gasteiger partial charge in [0.15, 0.2) is 0 Å². The Hall–Kier alpha value is -3.27. The van der Waals surface area contributed by atoms with Crippen LogP contribution in [-0.4, -0.2) is 75.8 Å². The highest BCUT2D eigenvalue weighted by molar-refractivity contribution is 9.10. The smallest absolute Gasteiger partial charge is 0.295 e. The van der Waals surface area contributed by atoms with E-state index in [-0.39, 0.29) is 11.3 Å². The number of aromatic nitrogens is 2. The SMILES string of the molecule is Cc1c(/C(O)=C2\C(=O)C(=O)N(CCN3CCOCC3)[C@H]2c2ccc(Br)cc2)cnn1-c1ccccc1. The summed E-state index contributed by atoms with van der Waals surface area (Å²) in [5.74, 6) is -1.50. The molecule has 36 heavy (non-hydrogen) atoms. The number of Topliss-reactive ketones (excluding diaryl/α,β-unsaturated/α-hetero) is 1. The number of carbonyl (C=O) groups excluding carboxylic acids is 2. The highest BCUT2D eigenvalue weighted by Gasteiger charge is 2.46. The molecule has 2 saturated heterocycles. The van der Waals surface area contributed by atoms with Crippen LogP contribution >= 0.6 is 15.9 Å². The molecule has 0 saturated carbocycles. The van der Waals surface area contributed by atoms with E-state index in [4.69, 9.17) is 4.74 Å². The van der Waals surface area contributed by atoms with Crippen molar-refractivity contribution in [2.75, 3.05) is 39.4 Å². The molecule has 9 heteroatoms. The molecule has 2 fully saturated rings. The minimum Gasteiger partial charge on any atom is -0.507 e. The zero-order valence-corrected chi connectivity index (χ0v) is 21.5. The molecule has 2 aliphatic rings. The van der Waals surface area contributed by atoms with E-state index in [0.717, 1.165) is 28.8 Å². The second-order valence-corrected chi connectivity index (χ2v) is 9.80. The summed E-state index contributed by atoms with van der Waals surface area (Å²) >= 11 is 3.45. The van der Waals surface area contributed by atoms with Crippen molar-refractivity contribution in [1.82, 2.24) is 19.6 Å². The van der Waals surface area contributed by atoms with E-state index in [1.807, 2.05) is 61.5 Å². The van der Waals surface area contributed by atoms with E-state index in [0.29, 0.717) is 37.6 Å². The highest BCUT2D eigenvalue weighted by Crippen LogP contribution is 2.40. The van der Waals surface area contributed by atoms with Crippen molar-refractivity contribution in [3.05, 3.63) is 87.7 Å². The molecule has 0 spiro atoms. The van der Waals surface area contributed by atoms with Crippen LogP contribution in [0.1, 0.15) is 22.9 Å². The Morgan fingerprint density at radius 1 is 1.06 bits per heavy atom. The van der Waals surface area contributed by atoms with E-state index in [1.54, 1.807) is 9.58 Å². The van der Waals surface area contributed by atoms with Crippen LogP contribution in [0.4, 0.5) is 0 Å². The van der Waals surface area contributed by atoms with Crippen LogP contribution in [0, 0.1) is 6.92 Å². The first-order valence-electron chi connectivity index (χ1n) is 11.9. The van der Waals surface area contributed by atoms with Gasteiger partial charge in [0, 0.05) is 30.7 Å². The number of benzene rings is 2. The minimum absolute atomic E-state index is 0.0833. The fraction of sp³-hybridized carbons (Fsp3) is 0.296. The third kappa shape index (κ3) is 4.61. The molecule has 5 rings (SSSR count). The van der Waals surface area contributed by atoms with E-state index in [1.165, 1.54) is 6.20 Å². The molecule has 0 aliphatic carbocycles. The lowest BCUT2D eigenvalue weighted by Crippen LogP contribution is -2.42. The maximum atomic E-state index is 13.3. The Balaban J connectivity index is 1.55. The Labute approximate surface area is 217 Å². The van der Waals surface area contributed by atoms with Crippen molar-refractivity contribution in [2.24, 2.45) is 0 Å². The van der Waals surface area contributed by atoms with Gasteiger partial charge in [-0.1, -0.05) is 46.3 Å². The number of carbonyl (C=O) groups is 2. The highest BCUT2D eigenvalue weighted by atomic mass is 79.9. The van der Waals surface area contributed by atoms with Gasteiger partial charge in [-0.2, -0.15) is 5.10 Å². The lowest BCUT2D eigenvalue weighted by Gasteiger charge is -2.31. The fourth-order valence-corrected chi connectivity index (χ4v) is 5.06. The number of likely N-dealkylation sites (tertiary alicyclic amines) is 1. The quantitative estimate of drug-likeness (QED) is 0.286. The van der Waals surface area contributed by atoms with Crippen LogP contribution in [0.5, 0.6) is 0 Å². The van der Waals surface area contributed by atoms with Gasteiger partial charge in [0.05, 0.1) is 48.0 Å². The second kappa shape index (κ2) is 10.4. The molecule has 0 unspecified atom stereocenters. The minimum atomic E-state index is -0.696. The van der Waals surface area contributed by atoms with Crippen molar-refractivity contribution < 1.29 is 19.4 Å². The number of hydrogen-bond donors (Lipinski definition) is 1. The van der Waals surface area contributed by atoms with Gasteiger partial charge in [-0.25, -0.2) is 4.68 Å². The Morgan fingerprint density at radius 3 is 2.44 bits per heavy atom. The van der Waals surface area contributed by atoms with Gasteiger partial charge in [-0.3, -0.25) is 14.5 Å². The van der Waals surface area contributed by atoms with Crippen LogP contribution in [0.3, 0.4) is 0 Å². The second-order valence-electron chi connectivity index (χ2n) is 8.89. The number of ether oxygens (including phenoxy) is 1. The molecule has 1 atom stereocenters. The van der Waals surface area contributed by atoms with Gasteiger partial charge in [0.1, 0.15) is 5.76 Å². The van der Waals surface area contributed by atoms with Gasteiger partial charge in [0.25, 0.3) is 11.7 Å². The maximum absolute atomic E-state index is 13.3. The molecule has 3 heterocycles. The third-order valence-corrected chi connectivity index (χ3v) is 7.28. The summed E-state index contributed by atoms with van der Waals surface area (Å²) in [6.45, 7) is 5.69. The zero-order valence-electron chi connectivity index (χ0n) is 19.9. The Bertz CT molecular complexity index is 1300. The summed E-state index contributed by atoms with van der Waals surface area (Å²) in [6.07, 6.45) is 1.54. The molecular formula is C27H27BrN4O4. The molecule has 2 aliphatic heterocycles. The van der Waals surface area contributed by atoms with Gasteiger partial charge in [-0.05, 0) is 36.8 Å². The zero-order chi connectivity index (χ0) is 25.2. The van der Waals surface area contributed by atoms with Gasteiger partial charge >= 0.3 is 0 Å². The number of hydrogen-bond acceptors (Lipinski definition) is 6. The van der Waals surface area contributed by atoms with E-state index >= 15 is 0 Å². The Morgan fingerprint density at radius 2 is 1.75 bits per heavy atom. The summed E-state index contributed by atoms with van der Waals surface area (Å²) in [5.41, 5.74) is 2.78. The molecule has 8 nitrogen and oxygen atoms in total. The Kier molecular flexibility index (Phi) is 7.04. The number of ketones is 1. The summed E-state index contributed by atoms with van der Waals surface area (Å²) < 4.78 is 8.02. The molecule has 0 radical (unpaired) electrons. The molecule has 1 N–H and O–H groups in total. The maximum Gasteiger partial charge on any atom is 0.295 e. The largest absolute Gasteiger partial charge is 0.507 e. The number of rotatable bonds is 6. The van der Waals surface area contributed by atoms with E-state index in [2.05, 4.69) is 25.9 Å². The van der Waals surface area contributed by atoms with Crippen LogP contribution < -0.4 is 0 Å². The standard InChI is InChI=1S/C27H27BrN4O4/c1-18-22(17-29-32(18)21-5-3-2-4-6-21)25(33)23-24(19-7-9-20(28)10-8-19)31(27(35)26(23)34)12-11-30-13-15-36-16-14-30/h2-10,17,24,33H,11-16H2,1H3/b25-23+/t24-/m0/s1. The summed E-state index contributed by atoms with van der Waals surface area (Å²) in [5, 5.41) is 15.9. The number of para-hydroxylation sites is 1. The lowest BCUT2D eigenvalue weighted by molar-refractivity contribution is -0.140. The van der Waals surface area contributed by atoms with Crippen LogP contribution in [-0.2, 0) is 14.3 Å². The van der Waals surface area contributed by atoms with Gasteiger partial charge in [0.2, 0.25) is 0 Å². The molecule has 186 valence electrons. The summed E-state index contributed by atoms with van der Waals surface area (Å²) in [7, 11) is 0. The monoisotopic (exact) mass is 550 g/mol. The fourth-order valence-electron chi connectivity index (χ4n) is 4.79.